The first-order chi connectivity index (χ1) is 15.6. The Bertz CT molecular complexity index is 1080. The standard InChI is InChI=1S/C24H26N4O2S2/c1-28-15-14-25-24(28)31-16-22(29)26-18-12-10-17(11-13-18)23(30)27-20-8-4-5-9-21(20)32-19-6-2-3-7-19/h4-5,8-15,19H,2-3,6-7,16H2,1H3,(H,26,29)(H,27,30). The van der Waals surface area contributed by atoms with Crippen LogP contribution in [0, 0.1) is 0 Å². The van der Waals surface area contributed by atoms with Gasteiger partial charge in [-0.3, -0.25) is 9.59 Å². The van der Waals surface area contributed by atoms with E-state index in [1.807, 2.05) is 47.8 Å². The lowest BCUT2D eigenvalue weighted by Gasteiger charge is -2.14. The Hall–Kier alpha value is -2.71. The number of amides is 2. The maximum Gasteiger partial charge on any atom is 0.255 e. The van der Waals surface area contributed by atoms with Crippen molar-refractivity contribution in [2.75, 3.05) is 16.4 Å². The Morgan fingerprint density at radius 1 is 1.06 bits per heavy atom. The maximum atomic E-state index is 12.8. The van der Waals surface area contributed by atoms with Gasteiger partial charge in [0.15, 0.2) is 5.16 Å². The van der Waals surface area contributed by atoms with Gasteiger partial charge in [0, 0.05) is 40.8 Å². The second-order valence-electron chi connectivity index (χ2n) is 7.71. The summed E-state index contributed by atoms with van der Waals surface area (Å²) < 4.78 is 1.87. The van der Waals surface area contributed by atoms with Gasteiger partial charge in [0.2, 0.25) is 5.91 Å². The third-order valence-corrected chi connectivity index (χ3v) is 7.74. The fraction of sp³-hybridized carbons (Fsp3) is 0.292. The van der Waals surface area contributed by atoms with Crippen molar-refractivity contribution in [3.05, 3.63) is 66.5 Å². The Balaban J connectivity index is 1.32. The Morgan fingerprint density at radius 3 is 2.53 bits per heavy atom. The molecule has 0 saturated heterocycles. The van der Waals surface area contributed by atoms with E-state index in [0.29, 0.717) is 16.5 Å². The lowest BCUT2D eigenvalue weighted by Crippen LogP contribution is -2.15. The summed E-state index contributed by atoms with van der Waals surface area (Å²) in [6, 6.07) is 14.9. The average molecular weight is 467 g/mol. The highest BCUT2D eigenvalue weighted by Crippen LogP contribution is 2.38. The quantitative estimate of drug-likeness (QED) is 0.433. The molecule has 1 aliphatic rings. The molecule has 0 aliphatic heterocycles. The van der Waals surface area contributed by atoms with Crippen LogP contribution >= 0.6 is 23.5 Å². The highest BCUT2D eigenvalue weighted by molar-refractivity contribution is 8.00. The molecule has 0 unspecified atom stereocenters. The molecule has 0 atom stereocenters. The van der Waals surface area contributed by atoms with Gasteiger partial charge in [-0.05, 0) is 49.2 Å². The molecule has 1 heterocycles. The van der Waals surface area contributed by atoms with Gasteiger partial charge in [-0.15, -0.1) is 11.8 Å². The molecule has 0 radical (unpaired) electrons. The number of aromatic nitrogens is 2. The third-order valence-electron chi connectivity index (χ3n) is 5.27. The number of aryl methyl sites for hydroxylation is 1. The molecule has 3 aromatic rings. The number of imidazole rings is 1. The van der Waals surface area contributed by atoms with Crippen molar-refractivity contribution in [1.29, 1.82) is 0 Å². The molecule has 4 rings (SSSR count). The van der Waals surface area contributed by atoms with Crippen molar-refractivity contribution in [1.82, 2.24) is 9.55 Å². The van der Waals surface area contributed by atoms with Crippen molar-refractivity contribution < 1.29 is 9.59 Å². The number of carbonyl (C=O) groups excluding carboxylic acids is 2. The summed E-state index contributed by atoms with van der Waals surface area (Å²) in [5, 5.41) is 7.32. The number of nitrogens with one attached hydrogen (secondary N) is 2. The van der Waals surface area contributed by atoms with E-state index in [2.05, 4.69) is 21.7 Å². The molecule has 2 aromatic carbocycles. The number of thioether (sulfide) groups is 2. The van der Waals surface area contributed by atoms with Crippen LogP contribution < -0.4 is 10.6 Å². The Labute approximate surface area is 196 Å². The number of benzene rings is 2. The van der Waals surface area contributed by atoms with E-state index in [0.717, 1.165) is 15.7 Å². The molecule has 2 N–H and O–H groups in total. The lowest BCUT2D eigenvalue weighted by molar-refractivity contribution is -0.113. The van der Waals surface area contributed by atoms with Crippen LogP contribution in [0.3, 0.4) is 0 Å². The van der Waals surface area contributed by atoms with Crippen LogP contribution in [-0.4, -0.2) is 32.4 Å². The number of para-hydroxylation sites is 1. The molecular formula is C24H26N4O2S2. The maximum absolute atomic E-state index is 12.8. The summed E-state index contributed by atoms with van der Waals surface area (Å²) >= 11 is 3.23. The van der Waals surface area contributed by atoms with E-state index in [1.165, 1.54) is 37.4 Å². The van der Waals surface area contributed by atoms with Gasteiger partial charge in [0.05, 0.1) is 11.4 Å². The van der Waals surface area contributed by atoms with Gasteiger partial charge in [-0.25, -0.2) is 4.98 Å². The Kier molecular flexibility index (Phi) is 7.55. The molecule has 1 aromatic heterocycles. The fourth-order valence-electron chi connectivity index (χ4n) is 3.58. The van der Waals surface area contributed by atoms with Crippen molar-refractivity contribution >= 4 is 46.7 Å². The van der Waals surface area contributed by atoms with Gasteiger partial charge < -0.3 is 15.2 Å². The topological polar surface area (TPSA) is 76.0 Å². The molecular weight excluding hydrogens is 440 g/mol. The van der Waals surface area contributed by atoms with Crippen LogP contribution in [0.4, 0.5) is 11.4 Å². The van der Waals surface area contributed by atoms with Crippen molar-refractivity contribution in [3.63, 3.8) is 0 Å². The molecule has 0 bridgehead atoms. The predicted molar refractivity (Wildman–Crippen MR) is 132 cm³/mol. The summed E-state index contributed by atoms with van der Waals surface area (Å²) in [4.78, 5) is 30.3. The summed E-state index contributed by atoms with van der Waals surface area (Å²) in [5.41, 5.74) is 2.05. The predicted octanol–water partition coefficient (Wildman–Crippen LogP) is 5.44. The molecule has 0 spiro atoms. The van der Waals surface area contributed by atoms with E-state index >= 15 is 0 Å². The van der Waals surface area contributed by atoms with Crippen LogP contribution in [0.2, 0.25) is 0 Å². The second-order valence-corrected chi connectivity index (χ2v) is 9.99. The van der Waals surface area contributed by atoms with E-state index in [-0.39, 0.29) is 17.6 Å². The van der Waals surface area contributed by atoms with Gasteiger partial charge in [0.25, 0.3) is 5.91 Å². The molecule has 166 valence electrons. The van der Waals surface area contributed by atoms with Crippen LogP contribution in [-0.2, 0) is 11.8 Å². The minimum absolute atomic E-state index is 0.118. The molecule has 8 heteroatoms. The minimum atomic E-state index is -0.160. The average Bonchev–Trinajstić information content (AvgIpc) is 3.45. The Morgan fingerprint density at radius 2 is 1.81 bits per heavy atom. The smallest absolute Gasteiger partial charge is 0.255 e. The first kappa shape index (κ1) is 22.5. The molecule has 1 fully saturated rings. The van der Waals surface area contributed by atoms with Gasteiger partial charge in [-0.1, -0.05) is 36.7 Å². The highest BCUT2D eigenvalue weighted by atomic mass is 32.2. The van der Waals surface area contributed by atoms with Crippen molar-refractivity contribution in [2.45, 2.75) is 41.0 Å². The van der Waals surface area contributed by atoms with E-state index < -0.39 is 0 Å². The summed E-state index contributed by atoms with van der Waals surface area (Å²) in [6.45, 7) is 0. The van der Waals surface area contributed by atoms with E-state index in [1.54, 1.807) is 30.5 Å². The molecule has 1 aliphatic carbocycles. The zero-order valence-corrected chi connectivity index (χ0v) is 19.5. The summed E-state index contributed by atoms with van der Waals surface area (Å²) in [6.07, 6.45) is 8.60. The van der Waals surface area contributed by atoms with Gasteiger partial charge >= 0.3 is 0 Å². The minimum Gasteiger partial charge on any atom is -0.329 e. The summed E-state index contributed by atoms with van der Waals surface area (Å²) in [7, 11) is 1.89. The normalized spacial score (nSPS) is 13.8. The van der Waals surface area contributed by atoms with Crippen LogP contribution in [0.1, 0.15) is 36.0 Å². The molecule has 1 saturated carbocycles. The number of rotatable bonds is 8. The molecule has 6 nitrogen and oxygen atoms in total. The number of carbonyl (C=O) groups is 2. The number of hydrogen-bond acceptors (Lipinski definition) is 5. The van der Waals surface area contributed by atoms with E-state index in [4.69, 9.17) is 0 Å². The zero-order valence-electron chi connectivity index (χ0n) is 17.9. The van der Waals surface area contributed by atoms with Crippen LogP contribution in [0.15, 0.2) is 71.0 Å². The lowest BCUT2D eigenvalue weighted by atomic mass is 10.2. The summed E-state index contributed by atoms with van der Waals surface area (Å²) in [5.74, 6) is -0.0107. The first-order valence-corrected chi connectivity index (χ1v) is 12.5. The largest absolute Gasteiger partial charge is 0.329 e. The van der Waals surface area contributed by atoms with Crippen LogP contribution in [0.25, 0.3) is 0 Å². The van der Waals surface area contributed by atoms with Crippen molar-refractivity contribution in [2.24, 2.45) is 7.05 Å². The van der Waals surface area contributed by atoms with E-state index in [9.17, 15) is 9.59 Å². The van der Waals surface area contributed by atoms with Crippen molar-refractivity contribution in [3.8, 4) is 0 Å². The zero-order chi connectivity index (χ0) is 22.3. The monoisotopic (exact) mass is 466 g/mol. The first-order valence-electron chi connectivity index (χ1n) is 10.7. The van der Waals surface area contributed by atoms with Gasteiger partial charge in [0.1, 0.15) is 0 Å². The molecule has 32 heavy (non-hydrogen) atoms. The van der Waals surface area contributed by atoms with Crippen LogP contribution in [0.5, 0.6) is 0 Å². The third kappa shape index (κ3) is 5.95. The number of anilines is 2. The highest BCUT2D eigenvalue weighted by Gasteiger charge is 2.18. The van der Waals surface area contributed by atoms with Gasteiger partial charge in [-0.2, -0.15) is 0 Å². The number of nitrogens with zero attached hydrogens (tertiary/aromatic N) is 2. The number of hydrogen-bond donors (Lipinski definition) is 2. The fourth-order valence-corrected chi connectivity index (χ4v) is 5.64. The molecule has 2 amide bonds. The second kappa shape index (κ2) is 10.7. The SMILES string of the molecule is Cn1ccnc1SCC(=O)Nc1ccc(C(=O)Nc2ccccc2SC2CCCC2)cc1.